The van der Waals surface area contributed by atoms with Crippen LogP contribution in [0.15, 0.2) is 58.9 Å². The Labute approximate surface area is 252 Å². The minimum absolute atomic E-state index is 0.0326. The average molecular weight is 591 g/mol. The van der Waals surface area contributed by atoms with Gasteiger partial charge in [-0.05, 0) is 72.9 Å². The molecule has 1 heterocycles. The van der Waals surface area contributed by atoms with Crippen LogP contribution in [0.4, 0.5) is 5.69 Å². The number of nitrogens with one attached hydrogen (secondary N) is 2. The summed E-state index contributed by atoms with van der Waals surface area (Å²) < 4.78 is 11.8. The first-order chi connectivity index (χ1) is 19.8. The first-order valence-corrected chi connectivity index (χ1v) is 14.9. The van der Waals surface area contributed by atoms with Gasteiger partial charge in [0.25, 0.3) is 5.91 Å². The molecule has 8 heteroatoms. The van der Waals surface area contributed by atoms with Crippen LogP contribution < -0.4 is 20.1 Å². The number of carbonyl (C=O) groups excluding carboxylic acids is 3. The number of dihydropyridines is 1. The lowest BCUT2D eigenvalue weighted by Crippen LogP contribution is -2.42. The molecular formula is C34H39ClN2O5. The fraction of sp³-hybridized carbons (Fsp3) is 0.441. The maximum atomic E-state index is 13.7. The summed E-state index contributed by atoms with van der Waals surface area (Å²) in [6, 6.07) is 11.0. The van der Waals surface area contributed by atoms with E-state index < -0.39 is 5.92 Å². The van der Waals surface area contributed by atoms with Crippen LogP contribution in [0.3, 0.4) is 0 Å². The van der Waals surface area contributed by atoms with Gasteiger partial charge in [-0.1, -0.05) is 51.4 Å². The third-order valence-electron chi connectivity index (χ3n) is 8.03. The molecular weight excluding hydrogens is 552 g/mol. The van der Waals surface area contributed by atoms with Crippen LogP contribution in [0.1, 0.15) is 77.3 Å². The number of ketones is 2. The van der Waals surface area contributed by atoms with Crippen molar-refractivity contribution in [1.29, 1.82) is 0 Å². The number of carbonyl (C=O) groups is 3. The van der Waals surface area contributed by atoms with Crippen molar-refractivity contribution < 1.29 is 23.9 Å². The van der Waals surface area contributed by atoms with Crippen LogP contribution in [0.5, 0.6) is 11.5 Å². The number of halogens is 1. The Balaban J connectivity index is 1.52. The van der Waals surface area contributed by atoms with Gasteiger partial charge >= 0.3 is 0 Å². The Hall–Kier alpha value is -3.58. The van der Waals surface area contributed by atoms with E-state index >= 15 is 0 Å². The lowest BCUT2D eigenvalue weighted by molar-refractivity contribution is -0.119. The molecule has 2 N–H and O–H groups in total. The second kappa shape index (κ2) is 11.3. The second-order valence-electron chi connectivity index (χ2n) is 13.2. The van der Waals surface area contributed by atoms with Gasteiger partial charge in [0.05, 0.1) is 11.6 Å². The molecule has 1 amide bonds. The number of Topliss-reactive ketones (excluding diaryl/α,β-unsaturated/α-hetero) is 2. The molecule has 0 spiro atoms. The number of benzene rings is 2. The van der Waals surface area contributed by atoms with Crippen LogP contribution in [0.25, 0.3) is 0 Å². The van der Waals surface area contributed by atoms with Crippen LogP contribution >= 0.6 is 11.6 Å². The number of anilines is 1. The molecule has 3 aliphatic rings. The lowest BCUT2D eigenvalue weighted by Gasteiger charge is -2.44. The largest absolute Gasteiger partial charge is 0.490 e. The minimum atomic E-state index is -0.557. The summed E-state index contributed by atoms with van der Waals surface area (Å²) in [5.41, 5.74) is 5.05. The summed E-state index contributed by atoms with van der Waals surface area (Å²) in [7, 11) is 0. The Morgan fingerprint density at radius 3 is 2.14 bits per heavy atom. The predicted molar refractivity (Wildman–Crippen MR) is 164 cm³/mol. The van der Waals surface area contributed by atoms with Crippen molar-refractivity contribution in [1.82, 2.24) is 5.32 Å². The molecule has 0 fully saturated rings. The van der Waals surface area contributed by atoms with Crippen LogP contribution in [-0.4, -0.2) is 30.7 Å². The van der Waals surface area contributed by atoms with E-state index in [4.69, 9.17) is 21.1 Å². The molecule has 222 valence electrons. The maximum Gasteiger partial charge on any atom is 0.262 e. The van der Waals surface area contributed by atoms with Crippen molar-refractivity contribution in [2.24, 2.45) is 10.8 Å². The molecule has 1 aliphatic heterocycles. The SMILES string of the molecule is CCOc1cc(C2C3=C(CC(C)(C)CC3=O)NC3=C2C(=O)CC(C)(C)C3)cc(Cl)c1OCC(=O)Nc1cccc(C)c1. The quantitative estimate of drug-likeness (QED) is 0.359. The fourth-order valence-electron chi connectivity index (χ4n) is 6.44. The third kappa shape index (κ3) is 6.12. The van der Waals surface area contributed by atoms with Crippen molar-refractivity contribution in [2.45, 2.75) is 73.1 Å². The number of aryl methyl sites for hydroxylation is 1. The Morgan fingerprint density at radius 2 is 1.57 bits per heavy atom. The second-order valence-corrected chi connectivity index (χ2v) is 13.6. The molecule has 0 unspecified atom stereocenters. The van der Waals surface area contributed by atoms with E-state index in [1.165, 1.54) is 0 Å². The highest BCUT2D eigenvalue weighted by Crippen LogP contribution is 2.52. The molecule has 5 rings (SSSR count). The zero-order valence-electron chi connectivity index (χ0n) is 25.2. The highest BCUT2D eigenvalue weighted by atomic mass is 35.5. The minimum Gasteiger partial charge on any atom is -0.490 e. The number of rotatable bonds is 7. The molecule has 2 aromatic carbocycles. The van der Waals surface area contributed by atoms with E-state index in [1.54, 1.807) is 12.1 Å². The maximum absolute atomic E-state index is 13.7. The van der Waals surface area contributed by atoms with Gasteiger partial charge in [-0.3, -0.25) is 14.4 Å². The van der Waals surface area contributed by atoms with Crippen molar-refractivity contribution in [3.63, 3.8) is 0 Å². The highest BCUT2D eigenvalue weighted by molar-refractivity contribution is 6.32. The molecule has 0 aromatic heterocycles. The van der Waals surface area contributed by atoms with Crippen molar-refractivity contribution >= 4 is 34.8 Å². The van der Waals surface area contributed by atoms with Crippen molar-refractivity contribution in [3.8, 4) is 11.5 Å². The summed E-state index contributed by atoms with van der Waals surface area (Å²) >= 11 is 6.81. The van der Waals surface area contributed by atoms with Gasteiger partial charge in [0.1, 0.15) is 0 Å². The van der Waals surface area contributed by atoms with Crippen LogP contribution in [0, 0.1) is 17.8 Å². The molecule has 0 saturated carbocycles. The number of hydrogen-bond donors (Lipinski definition) is 2. The third-order valence-corrected chi connectivity index (χ3v) is 8.31. The zero-order valence-corrected chi connectivity index (χ0v) is 26.0. The number of hydrogen-bond acceptors (Lipinski definition) is 6. The summed E-state index contributed by atoms with van der Waals surface area (Å²) in [6.45, 7) is 12.2. The highest BCUT2D eigenvalue weighted by Gasteiger charge is 2.46. The summed E-state index contributed by atoms with van der Waals surface area (Å²) in [5, 5.41) is 6.61. The van der Waals surface area contributed by atoms with E-state index in [-0.39, 0.29) is 45.7 Å². The van der Waals surface area contributed by atoms with Gasteiger partial charge in [0.2, 0.25) is 0 Å². The van der Waals surface area contributed by atoms with Gasteiger partial charge in [0.15, 0.2) is 29.7 Å². The van der Waals surface area contributed by atoms with Gasteiger partial charge in [-0.25, -0.2) is 0 Å². The Bertz CT molecular complexity index is 1480. The Kier molecular flexibility index (Phi) is 8.01. The molecule has 0 saturated heterocycles. The van der Waals surface area contributed by atoms with E-state index in [0.29, 0.717) is 60.4 Å². The molecule has 0 atom stereocenters. The van der Waals surface area contributed by atoms with Crippen LogP contribution in [-0.2, 0) is 14.4 Å². The molecule has 0 radical (unpaired) electrons. The molecule has 2 aromatic rings. The average Bonchev–Trinajstić information content (AvgIpc) is 2.85. The summed E-state index contributed by atoms with van der Waals surface area (Å²) in [4.78, 5) is 40.0. The molecule has 7 nitrogen and oxygen atoms in total. The van der Waals surface area contributed by atoms with Crippen LogP contribution in [0.2, 0.25) is 5.02 Å². The normalized spacial score (nSPS) is 19.6. The van der Waals surface area contributed by atoms with Crippen molar-refractivity contribution in [3.05, 3.63) is 75.1 Å². The lowest BCUT2D eigenvalue weighted by atomic mass is 9.64. The van der Waals surface area contributed by atoms with Gasteiger partial charge in [0, 0.05) is 47.0 Å². The smallest absolute Gasteiger partial charge is 0.262 e. The molecule has 0 bridgehead atoms. The topological polar surface area (TPSA) is 93.7 Å². The first-order valence-electron chi connectivity index (χ1n) is 14.5. The van der Waals surface area contributed by atoms with E-state index in [1.807, 2.05) is 38.1 Å². The van der Waals surface area contributed by atoms with E-state index in [9.17, 15) is 14.4 Å². The Morgan fingerprint density at radius 1 is 0.952 bits per heavy atom. The molecule has 42 heavy (non-hydrogen) atoms. The standard InChI is InChI=1S/C34H39ClN2O5/c1-7-41-27-13-20(12-22(35)32(27)42-18-28(40)36-21-10-8-9-19(2)11-21)29-30-23(14-33(3,4)16-25(30)38)37-24-15-34(5,6)17-26(39)31(24)29/h8-13,29,37H,7,14-18H2,1-6H3,(H,36,40). The summed E-state index contributed by atoms with van der Waals surface area (Å²) in [6.07, 6.45) is 2.21. The zero-order chi connectivity index (χ0) is 30.4. The first kappa shape index (κ1) is 29.9. The van der Waals surface area contributed by atoms with E-state index in [0.717, 1.165) is 17.0 Å². The number of ether oxygens (including phenoxy) is 2. The van der Waals surface area contributed by atoms with E-state index in [2.05, 4.69) is 38.3 Å². The summed E-state index contributed by atoms with van der Waals surface area (Å²) in [5.74, 6) is -0.226. The number of amides is 1. The monoisotopic (exact) mass is 590 g/mol. The predicted octanol–water partition coefficient (Wildman–Crippen LogP) is 7.04. The number of allylic oxidation sites excluding steroid dienone is 4. The van der Waals surface area contributed by atoms with Gasteiger partial charge in [-0.2, -0.15) is 0 Å². The van der Waals surface area contributed by atoms with Crippen molar-refractivity contribution in [2.75, 3.05) is 18.5 Å². The molecule has 2 aliphatic carbocycles. The fourth-order valence-corrected chi connectivity index (χ4v) is 6.71. The van der Waals surface area contributed by atoms with Gasteiger partial charge < -0.3 is 20.1 Å². The van der Waals surface area contributed by atoms with Gasteiger partial charge in [-0.15, -0.1) is 0 Å².